The van der Waals surface area contributed by atoms with Crippen molar-refractivity contribution >= 4 is 12.7 Å². The van der Waals surface area contributed by atoms with Gasteiger partial charge in [-0.1, -0.05) is 12.2 Å². The third kappa shape index (κ3) is 3.46. The molecule has 1 unspecified atom stereocenters. The first kappa shape index (κ1) is 14.5. The van der Waals surface area contributed by atoms with Crippen LogP contribution in [0, 0.1) is 0 Å². The van der Waals surface area contributed by atoms with Gasteiger partial charge in [0, 0.05) is 24.6 Å². The molecule has 0 N–H and O–H groups in total. The van der Waals surface area contributed by atoms with Crippen LogP contribution in [-0.2, 0) is 0 Å². The van der Waals surface area contributed by atoms with Crippen molar-refractivity contribution in [1.29, 1.82) is 0 Å². The number of halogens is 3. The molecule has 0 aromatic carbocycles. The van der Waals surface area contributed by atoms with Crippen LogP contribution in [0.1, 0.15) is 6.42 Å². The van der Waals surface area contributed by atoms with Crippen molar-refractivity contribution in [1.82, 2.24) is 4.98 Å². The summed E-state index contributed by atoms with van der Waals surface area (Å²) < 4.78 is 37.4. The molecule has 2 rings (SSSR count). The van der Waals surface area contributed by atoms with Crippen LogP contribution in [0.5, 0.6) is 0 Å². The largest absolute Gasteiger partial charge is 1.00 e. The van der Waals surface area contributed by atoms with E-state index in [2.05, 4.69) is 4.98 Å². The van der Waals surface area contributed by atoms with E-state index in [9.17, 15) is 12.9 Å². The van der Waals surface area contributed by atoms with Gasteiger partial charge in [0.1, 0.15) is 0 Å². The first-order valence-electron chi connectivity index (χ1n) is 4.92. The second kappa shape index (κ2) is 5.86. The van der Waals surface area contributed by atoms with Gasteiger partial charge in [-0.15, -0.1) is 0 Å². The number of anilines is 1. The van der Waals surface area contributed by atoms with Gasteiger partial charge in [-0.3, -0.25) is 4.98 Å². The quantitative estimate of drug-likeness (QED) is 0.662. The maximum Gasteiger partial charge on any atom is 1.00 e. The van der Waals surface area contributed by atoms with E-state index in [1.165, 1.54) is 0 Å². The summed E-state index contributed by atoms with van der Waals surface area (Å²) in [5.74, 6) is -1.13. The summed E-state index contributed by atoms with van der Waals surface area (Å²) in [4.78, 5) is 5.61. The molecule has 0 bridgehead atoms. The number of pyridine rings is 1. The minimum atomic E-state index is -4.69. The van der Waals surface area contributed by atoms with Gasteiger partial charge in [-0.25, -0.2) is 0 Å². The standard InChI is InChI=1S/C9H11BF3N2.K/c11-10(12,13)8-3-6-15(7-8)9-1-4-14-5-2-9;/h1-2,4-5,8H,3,6-7H2;/q-1;+1. The summed E-state index contributed by atoms with van der Waals surface area (Å²) >= 11 is 0. The van der Waals surface area contributed by atoms with Crippen LogP contribution in [0.3, 0.4) is 0 Å². The molecule has 0 spiro atoms. The molecule has 0 amide bonds. The van der Waals surface area contributed by atoms with Crippen molar-refractivity contribution in [3.63, 3.8) is 0 Å². The zero-order valence-corrected chi connectivity index (χ0v) is 12.2. The van der Waals surface area contributed by atoms with Crippen molar-refractivity contribution < 1.29 is 64.3 Å². The zero-order chi connectivity index (χ0) is 10.9. The second-order valence-corrected chi connectivity index (χ2v) is 3.83. The van der Waals surface area contributed by atoms with Crippen LogP contribution in [0.2, 0.25) is 5.82 Å². The van der Waals surface area contributed by atoms with E-state index >= 15 is 0 Å². The average molecular weight is 254 g/mol. The van der Waals surface area contributed by atoms with Gasteiger partial charge >= 0.3 is 58.4 Å². The summed E-state index contributed by atoms with van der Waals surface area (Å²) in [6.07, 6.45) is 3.41. The van der Waals surface area contributed by atoms with E-state index < -0.39 is 12.8 Å². The Balaban J connectivity index is 0.00000128. The fourth-order valence-corrected chi connectivity index (χ4v) is 1.89. The Bertz CT molecular complexity index is 333. The van der Waals surface area contributed by atoms with Crippen LogP contribution in [-0.4, -0.2) is 25.1 Å². The first-order chi connectivity index (χ1) is 7.07. The number of hydrogen-bond acceptors (Lipinski definition) is 2. The van der Waals surface area contributed by atoms with Crippen molar-refractivity contribution in [2.75, 3.05) is 18.0 Å². The molecule has 2 heterocycles. The summed E-state index contributed by atoms with van der Waals surface area (Å²) in [6.45, 7) is -4.12. The SMILES string of the molecule is F[B-](F)(F)C1CCN(c2ccncc2)C1.[K+]. The summed E-state index contributed by atoms with van der Waals surface area (Å²) in [7, 11) is 0. The van der Waals surface area contributed by atoms with Gasteiger partial charge < -0.3 is 17.8 Å². The molecule has 1 aromatic rings. The van der Waals surface area contributed by atoms with E-state index in [4.69, 9.17) is 0 Å². The molecule has 16 heavy (non-hydrogen) atoms. The maximum absolute atomic E-state index is 12.5. The van der Waals surface area contributed by atoms with E-state index in [1.54, 1.807) is 29.4 Å². The zero-order valence-electron chi connectivity index (χ0n) is 9.11. The Morgan fingerprint density at radius 1 is 1.25 bits per heavy atom. The van der Waals surface area contributed by atoms with E-state index in [-0.39, 0.29) is 64.4 Å². The predicted octanol–water partition coefficient (Wildman–Crippen LogP) is -0.487. The molecule has 1 aliphatic rings. The van der Waals surface area contributed by atoms with Gasteiger partial charge in [0.05, 0.1) is 0 Å². The molecule has 0 radical (unpaired) electrons. The Morgan fingerprint density at radius 2 is 1.88 bits per heavy atom. The fourth-order valence-electron chi connectivity index (χ4n) is 1.89. The normalized spacial score (nSPS) is 20.7. The van der Waals surface area contributed by atoms with Crippen LogP contribution in [0.15, 0.2) is 24.5 Å². The Morgan fingerprint density at radius 3 is 2.38 bits per heavy atom. The van der Waals surface area contributed by atoms with Gasteiger partial charge in [0.2, 0.25) is 0 Å². The molecule has 1 atom stereocenters. The van der Waals surface area contributed by atoms with Crippen LogP contribution in [0.25, 0.3) is 0 Å². The monoisotopic (exact) mass is 254 g/mol. The molecule has 1 saturated heterocycles. The molecule has 1 fully saturated rings. The molecule has 7 heteroatoms. The number of nitrogens with zero attached hydrogens (tertiary/aromatic N) is 2. The smallest absolute Gasteiger partial charge is 0.449 e. The third-order valence-corrected chi connectivity index (χ3v) is 2.79. The van der Waals surface area contributed by atoms with Crippen molar-refractivity contribution in [3.05, 3.63) is 24.5 Å². The van der Waals surface area contributed by atoms with Crippen molar-refractivity contribution in [2.45, 2.75) is 12.2 Å². The van der Waals surface area contributed by atoms with Gasteiger partial charge in [0.25, 0.3) is 0 Å². The average Bonchev–Trinajstić information content (AvgIpc) is 2.67. The van der Waals surface area contributed by atoms with Gasteiger partial charge in [0.15, 0.2) is 0 Å². The number of aromatic nitrogens is 1. The minimum Gasteiger partial charge on any atom is -0.449 e. The Hall–Kier alpha value is 0.441. The fraction of sp³-hybridized carbons (Fsp3) is 0.444. The summed E-state index contributed by atoms with van der Waals surface area (Å²) in [5, 5.41) is 0. The Labute approximate surface area is 135 Å². The third-order valence-electron chi connectivity index (χ3n) is 2.79. The Kier molecular flexibility index (Phi) is 5.31. The maximum atomic E-state index is 12.5. The molecule has 1 aliphatic heterocycles. The van der Waals surface area contributed by atoms with Gasteiger partial charge in [-0.2, -0.15) is 0 Å². The molecule has 82 valence electrons. The first-order valence-corrected chi connectivity index (χ1v) is 4.92. The van der Waals surface area contributed by atoms with Crippen molar-refractivity contribution in [2.24, 2.45) is 0 Å². The molecular formula is C9H11BF3KN2. The van der Waals surface area contributed by atoms with Crippen LogP contribution >= 0.6 is 0 Å². The van der Waals surface area contributed by atoms with Crippen LogP contribution < -0.4 is 56.3 Å². The molecule has 0 aliphatic carbocycles. The molecule has 0 saturated carbocycles. The molecule has 1 aromatic heterocycles. The van der Waals surface area contributed by atoms with E-state index in [0.717, 1.165) is 5.69 Å². The molecule has 2 nitrogen and oxygen atoms in total. The minimum absolute atomic E-state index is 0. The number of rotatable bonds is 2. The predicted molar refractivity (Wildman–Crippen MR) is 53.9 cm³/mol. The number of hydrogen-bond donors (Lipinski definition) is 0. The summed E-state index contributed by atoms with van der Waals surface area (Å²) in [5.41, 5.74) is 0.826. The van der Waals surface area contributed by atoms with E-state index in [1.807, 2.05) is 0 Å². The van der Waals surface area contributed by atoms with Gasteiger partial charge in [-0.05, 0) is 18.7 Å². The van der Waals surface area contributed by atoms with E-state index in [0.29, 0.717) is 6.54 Å². The molecular weight excluding hydrogens is 243 g/mol. The van der Waals surface area contributed by atoms with Crippen LogP contribution in [0.4, 0.5) is 18.6 Å². The van der Waals surface area contributed by atoms with Crippen molar-refractivity contribution in [3.8, 4) is 0 Å². The second-order valence-electron chi connectivity index (χ2n) is 3.83. The topological polar surface area (TPSA) is 16.1 Å². The summed E-state index contributed by atoms with van der Waals surface area (Å²) in [6, 6.07) is 3.48.